The lowest BCUT2D eigenvalue weighted by atomic mass is 10.1. The van der Waals surface area contributed by atoms with Crippen molar-refractivity contribution >= 4 is 18.3 Å². The molecule has 0 aromatic heterocycles. The Hall–Kier alpha value is -0.540. The van der Waals surface area contributed by atoms with Gasteiger partial charge in [-0.25, -0.2) is 0 Å². The third-order valence-electron chi connectivity index (χ3n) is 1.34. The van der Waals surface area contributed by atoms with Gasteiger partial charge in [0.25, 0.3) is 0 Å². The number of nitrogens with one attached hydrogen (secondary N) is 1. The van der Waals surface area contributed by atoms with E-state index < -0.39 is 0 Å². The highest BCUT2D eigenvalue weighted by atomic mass is 35.5. The van der Waals surface area contributed by atoms with Crippen molar-refractivity contribution in [3.63, 3.8) is 0 Å². The molecular formula is C9H19ClN2O. The predicted octanol–water partition coefficient (Wildman–Crippen LogP) is 0.908. The van der Waals surface area contributed by atoms with Crippen molar-refractivity contribution in [1.29, 1.82) is 0 Å². The zero-order valence-corrected chi connectivity index (χ0v) is 9.36. The van der Waals surface area contributed by atoms with Gasteiger partial charge >= 0.3 is 0 Å². The standard InChI is InChI=1S/C6H9NO.C3H9N.ClH/c1-2-5-3-6(8)7-4-5;1-4(2)3;/h2,5H,1,3-4H2,(H,7,8);1-3H3;1H. The molecule has 78 valence electrons. The van der Waals surface area contributed by atoms with Crippen LogP contribution in [-0.4, -0.2) is 38.5 Å². The van der Waals surface area contributed by atoms with Crippen molar-refractivity contribution < 1.29 is 4.79 Å². The van der Waals surface area contributed by atoms with Crippen LogP contribution < -0.4 is 5.32 Å². The Kier molecular flexibility index (Phi) is 9.29. The van der Waals surface area contributed by atoms with Crippen LogP contribution in [0.2, 0.25) is 0 Å². The maximum atomic E-state index is 10.5. The highest BCUT2D eigenvalue weighted by Crippen LogP contribution is 2.07. The predicted molar refractivity (Wildman–Crippen MR) is 58.2 cm³/mol. The number of nitrogens with zero attached hydrogens (tertiary/aromatic N) is 1. The molecule has 1 amide bonds. The number of carbonyl (C=O) groups excluding carboxylic acids is 1. The minimum Gasteiger partial charge on any atom is -0.355 e. The average Bonchev–Trinajstić information content (AvgIpc) is 2.34. The van der Waals surface area contributed by atoms with Gasteiger partial charge in [0.15, 0.2) is 0 Å². The van der Waals surface area contributed by atoms with Gasteiger partial charge in [0.2, 0.25) is 5.91 Å². The van der Waals surface area contributed by atoms with E-state index in [2.05, 4.69) is 11.9 Å². The fourth-order valence-electron chi connectivity index (χ4n) is 0.794. The van der Waals surface area contributed by atoms with Crippen LogP contribution in [0.25, 0.3) is 0 Å². The highest BCUT2D eigenvalue weighted by molar-refractivity contribution is 5.85. The van der Waals surface area contributed by atoms with Crippen LogP contribution in [0.3, 0.4) is 0 Å². The fourth-order valence-corrected chi connectivity index (χ4v) is 0.794. The zero-order chi connectivity index (χ0) is 9.56. The smallest absolute Gasteiger partial charge is 0.220 e. The summed E-state index contributed by atoms with van der Waals surface area (Å²) in [7, 11) is 6.00. The third-order valence-corrected chi connectivity index (χ3v) is 1.34. The molecule has 0 bridgehead atoms. The summed E-state index contributed by atoms with van der Waals surface area (Å²) in [4.78, 5) is 12.5. The molecule has 1 fully saturated rings. The Morgan fingerprint density at radius 1 is 1.54 bits per heavy atom. The van der Waals surface area contributed by atoms with E-state index >= 15 is 0 Å². The number of amides is 1. The summed E-state index contributed by atoms with van der Waals surface area (Å²) < 4.78 is 0. The molecule has 0 aromatic carbocycles. The topological polar surface area (TPSA) is 32.3 Å². The first-order valence-corrected chi connectivity index (χ1v) is 4.06. The molecule has 0 spiro atoms. The van der Waals surface area contributed by atoms with Crippen LogP contribution in [0.15, 0.2) is 12.7 Å². The van der Waals surface area contributed by atoms with Crippen LogP contribution in [-0.2, 0) is 4.79 Å². The summed E-state index contributed by atoms with van der Waals surface area (Å²) in [5, 5.41) is 2.71. The van der Waals surface area contributed by atoms with Gasteiger partial charge in [-0.15, -0.1) is 19.0 Å². The van der Waals surface area contributed by atoms with Crippen LogP contribution in [0.5, 0.6) is 0 Å². The average molecular weight is 207 g/mol. The van der Waals surface area contributed by atoms with E-state index in [1.807, 2.05) is 32.1 Å². The number of halogens is 1. The van der Waals surface area contributed by atoms with Crippen molar-refractivity contribution in [2.24, 2.45) is 5.92 Å². The number of carbonyl (C=O) groups is 1. The second-order valence-electron chi connectivity index (χ2n) is 3.35. The van der Waals surface area contributed by atoms with E-state index in [9.17, 15) is 4.79 Å². The second kappa shape index (κ2) is 8.08. The maximum absolute atomic E-state index is 10.5. The first-order valence-electron chi connectivity index (χ1n) is 4.06. The van der Waals surface area contributed by atoms with E-state index in [1.54, 1.807) is 0 Å². The monoisotopic (exact) mass is 206 g/mol. The van der Waals surface area contributed by atoms with Gasteiger partial charge in [-0.2, -0.15) is 0 Å². The fraction of sp³-hybridized carbons (Fsp3) is 0.667. The van der Waals surface area contributed by atoms with Gasteiger partial charge in [-0.05, 0) is 21.1 Å². The Morgan fingerprint density at radius 3 is 2.15 bits per heavy atom. The summed E-state index contributed by atoms with van der Waals surface area (Å²) in [5.74, 6) is 0.525. The molecule has 0 radical (unpaired) electrons. The first-order chi connectivity index (χ1) is 5.56. The van der Waals surface area contributed by atoms with E-state index in [1.165, 1.54) is 0 Å². The number of rotatable bonds is 1. The Labute approximate surface area is 86.6 Å². The molecule has 0 saturated carbocycles. The summed E-state index contributed by atoms with van der Waals surface area (Å²) in [6.45, 7) is 4.36. The molecule has 1 rings (SSSR count). The van der Waals surface area contributed by atoms with Gasteiger partial charge in [0, 0.05) is 18.9 Å². The molecule has 3 nitrogen and oxygen atoms in total. The summed E-state index contributed by atoms with van der Waals surface area (Å²) in [5.41, 5.74) is 0. The number of hydrogen-bond donors (Lipinski definition) is 1. The summed E-state index contributed by atoms with van der Waals surface area (Å²) in [6.07, 6.45) is 2.45. The van der Waals surface area contributed by atoms with Crippen molar-refractivity contribution in [3.8, 4) is 0 Å². The molecule has 1 atom stereocenters. The molecule has 0 aromatic rings. The lowest BCUT2D eigenvalue weighted by Crippen LogP contribution is -2.13. The molecule has 1 N–H and O–H groups in total. The maximum Gasteiger partial charge on any atom is 0.220 e. The van der Waals surface area contributed by atoms with E-state index in [0.717, 1.165) is 6.54 Å². The van der Waals surface area contributed by atoms with Gasteiger partial charge in [0.05, 0.1) is 0 Å². The van der Waals surface area contributed by atoms with Crippen LogP contribution >= 0.6 is 12.4 Å². The van der Waals surface area contributed by atoms with Gasteiger partial charge in [-0.3, -0.25) is 4.79 Å². The van der Waals surface area contributed by atoms with Gasteiger partial charge in [0.1, 0.15) is 0 Å². The highest BCUT2D eigenvalue weighted by Gasteiger charge is 2.17. The molecule has 1 saturated heterocycles. The van der Waals surface area contributed by atoms with Gasteiger partial charge < -0.3 is 10.2 Å². The van der Waals surface area contributed by atoms with Crippen molar-refractivity contribution in [3.05, 3.63) is 12.7 Å². The molecule has 13 heavy (non-hydrogen) atoms. The van der Waals surface area contributed by atoms with E-state index in [4.69, 9.17) is 0 Å². The quantitative estimate of drug-likeness (QED) is 0.647. The van der Waals surface area contributed by atoms with Crippen molar-refractivity contribution in [1.82, 2.24) is 10.2 Å². The first kappa shape index (κ1) is 15.0. The zero-order valence-electron chi connectivity index (χ0n) is 8.54. The lowest BCUT2D eigenvalue weighted by Gasteiger charge is -1.92. The minimum absolute atomic E-state index is 0. The molecule has 0 aliphatic carbocycles. The summed E-state index contributed by atoms with van der Waals surface area (Å²) >= 11 is 0. The van der Waals surface area contributed by atoms with E-state index in [0.29, 0.717) is 12.3 Å². The second-order valence-corrected chi connectivity index (χ2v) is 3.35. The molecule has 1 heterocycles. The van der Waals surface area contributed by atoms with Crippen molar-refractivity contribution in [2.75, 3.05) is 27.7 Å². The Bertz CT molecular complexity index is 157. The SMILES string of the molecule is C=CC1CNC(=O)C1.CN(C)C.Cl. The van der Waals surface area contributed by atoms with Crippen molar-refractivity contribution in [2.45, 2.75) is 6.42 Å². The van der Waals surface area contributed by atoms with E-state index in [-0.39, 0.29) is 18.3 Å². The molecule has 4 heteroatoms. The Morgan fingerprint density at radius 2 is 2.00 bits per heavy atom. The van der Waals surface area contributed by atoms with Crippen LogP contribution in [0, 0.1) is 5.92 Å². The van der Waals surface area contributed by atoms with Crippen LogP contribution in [0.4, 0.5) is 0 Å². The largest absolute Gasteiger partial charge is 0.355 e. The van der Waals surface area contributed by atoms with Crippen LogP contribution in [0.1, 0.15) is 6.42 Å². The normalized spacial score (nSPS) is 19.7. The molecule has 1 unspecified atom stereocenters. The molecule has 1 aliphatic heterocycles. The lowest BCUT2D eigenvalue weighted by molar-refractivity contribution is -0.119. The number of hydrogen-bond acceptors (Lipinski definition) is 2. The summed E-state index contributed by atoms with van der Waals surface area (Å²) in [6, 6.07) is 0. The molecular weight excluding hydrogens is 188 g/mol. The minimum atomic E-state index is 0. The third kappa shape index (κ3) is 9.37. The molecule has 1 aliphatic rings. The van der Waals surface area contributed by atoms with Gasteiger partial charge in [-0.1, -0.05) is 6.08 Å². The Balaban J connectivity index is 0.